The second-order valence-corrected chi connectivity index (χ2v) is 5.38. The quantitative estimate of drug-likeness (QED) is 0.839. The summed E-state index contributed by atoms with van der Waals surface area (Å²) in [6.45, 7) is 3.04. The number of anilines is 1. The Morgan fingerprint density at radius 1 is 1.21 bits per heavy atom. The third-order valence-corrected chi connectivity index (χ3v) is 3.89. The first kappa shape index (κ1) is 12.4. The van der Waals surface area contributed by atoms with Gasteiger partial charge in [-0.25, -0.2) is 0 Å². The molecule has 0 bridgehead atoms. The lowest BCUT2D eigenvalue weighted by atomic mass is 9.96. The lowest BCUT2D eigenvalue weighted by Gasteiger charge is -2.36. The van der Waals surface area contributed by atoms with Gasteiger partial charge in [-0.05, 0) is 43.5 Å². The fourth-order valence-electron chi connectivity index (χ4n) is 2.60. The van der Waals surface area contributed by atoms with E-state index in [4.69, 9.17) is 11.6 Å². The van der Waals surface area contributed by atoms with Gasteiger partial charge < -0.3 is 4.90 Å². The molecule has 4 heteroatoms. The molecule has 1 atom stereocenters. The van der Waals surface area contributed by atoms with Crippen molar-refractivity contribution < 1.29 is 0 Å². The highest BCUT2D eigenvalue weighted by Crippen LogP contribution is 2.31. The molecule has 1 unspecified atom stereocenters. The summed E-state index contributed by atoms with van der Waals surface area (Å²) in [6, 6.07) is 12.9. The zero-order chi connectivity index (χ0) is 13.2. The van der Waals surface area contributed by atoms with Gasteiger partial charge in [-0.2, -0.15) is 5.10 Å². The number of benzene rings is 1. The van der Waals surface area contributed by atoms with Crippen LogP contribution in [0.3, 0.4) is 0 Å². The molecule has 3 rings (SSSR count). The lowest BCUT2D eigenvalue weighted by molar-refractivity contribution is 0.554. The van der Waals surface area contributed by atoms with Crippen molar-refractivity contribution in [2.24, 2.45) is 0 Å². The van der Waals surface area contributed by atoms with Crippen LogP contribution in [0, 0.1) is 0 Å². The molecule has 1 aromatic heterocycles. The molecule has 98 valence electrons. The molecule has 0 N–H and O–H groups in total. The predicted octanol–water partition coefficient (Wildman–Crippen LogP) is 3.47. The second-order valence-electron chi connectivity index (χ2n) is 4.99. The predicted molar refractivity (Wildman–Crippen MR) is 77.5 cm³/mol. The molecular weight excluding hydrogens is 258 g/mol. The van der Waals surface area contributed by atoms with E-state index >= 15 is 0 Å². The van der Waals surface area contributed by atoms with E-state index in [1.807, 2.05) is 6.07 Å². The van der Waals surface area contributed by atoms with Crippen molar-refractivity contribution in [3.05, 3.63) is 52.8 Å². The maximum Gasteiger partial charge on any atom is 0.151 e. The number of fused-ring (bicyclic) bond motifs is 1. The topological polar surface area (TPSA) is 29.0 Å². The SMILES string of the molecule is CC1CCc2ccccc2N1Cc1ccc(Cl)nn1. The summed E-state index contributed by atoms with van der Waals surface area (Å²) in [5.41, 5.74) is 3.69. The Morgan fingerprint density at radius 2 is 2.05 bits per heavy atom. The maximum absolute atomic E-state index is 5.78. The molecule has 0 saturated carbocycles. The second kappa shape index (κ2) is 5.17. The molecule has 3 nitrogen and oxygen atoms in total. The smallest absolute Gasteiger partial charge is 0.151 e. The Balaban J connectivity index is 1.89. The van der Waals surface area contributed by atoms with Crippen molar-refractivity contribution in [3.63, 3.8) is 0 Å². The van der Waals surface area contributed by atoms with Crippen molar-refractivity contribution >= 4 is 17.3 Å². The Hall–Kier alpha value is -1.61. The number of rotatable bonds is 2. The minimum atomic E-state index is 0.441. The van der Waals surface area contributed by atoms with Crippen molar-refractivity contribution in [1.82, 2.24) is 10.2 Å². The average molecular weight is 274 g/mol. The maximum atomic E-state index is 5.78. The third-order valence-electron chi connectivity index (χ3n) is 3.68. The summed E-state index contributed by atoms with van der Waals surface area (Å²) in [5, 5.41) is 8.51. The van der Waals surface area contributed by atoms with Crippen molar-refractivity contribution in [2.75, 3.05) is 4.90 Å². The first-order valence-corrected chi connectivity index (χ1v) is 6.94. The number of aryl methyl sites for hydroxylation is 1. The van der Waals surface area contributed by atoms with Crippen LogP contribution < -0.4 is 4.90 Å². The molecule has 0 fully saturated rings. The largest absolute Gasteiger partial charge is 0.363 e. The number of hydrogen-bond acceptors (Lipinski definition) is 3. The van der Waals surface area contributed by atoms with E-state index in [0.29, 0.717) is 11.2 Å². The molecule has 2 aromatic rings. The first-order valence-electron chi connectivity index (χ1n) is 6.56. The standard InChI is InChI=1S/C15H16ClN3/c1-11-6-7-12-4-2-3-5-14(12)19(11)10-13-8-9-15(16)18-17-13/h2-5,8-9,11H,6-7,10H2,1H3. The molecule has 0 spiro atoms. The van der Waals surface area contributed by atoms with E-state index in [2.05, 4.69) is 46.3 Å². The van der Waals surface area contributed by atoms with Gasteiger partial charge in [-0.3, -0.25) is 0 Å². The highest BCUT2D eigenvalue weighted by Gasteiger charge is 2.22. The molecule has 0 aliphatic carbocycles. The van der Waals surface area contributed by atoms with E-state index in [0.717, 1.165) is 18.7 Å². The van der Waals surface area contributed by atoms with E-state index in [1.54, 1.807) is 6.07 Å². The van der Waals surface area contributed by atoms with Crippen LogP contribution >= 0.6 is 11.6 Å². The van der Waals surface area contributed by atoms with Gasteiger partial charge in [0.2, 0.25) is 0 Å². The highest BCUT2D eigenvalue weighted by molar-refractivity contribution is 6.29. The Morgan fingerprint density at radius 3 is 2.84 bits per heavy atom. The van der Waals surface area contributed by atoms with Gasteiger partial charge in [0.15, 0.2) is 5.15 Å². The zero-order valence-corrected chi connectivity index (χ0v) is 11.6. The van der Waals surface area contributed by atoms with Gasteiger partial charge >= 0.3 is 0 Å². The van der Waals surface area contributed by atoms with Crippen LogP contribution in [0.4, 0.5) is 5.69 Å². The Bertz CT molecular complexity index is 568. The normalized spacial score (nSPS) is 18.2. The first-order chi connectivity index (χ1) is 9.24. The van der Waals surface area contributed by atoms with Crippen molar-refractivity contribution in [1.29, 1.82) is 0 Å². The minimum absolute atomic E-state index is 0.441. The summed E-state index contributed by atoms with van der Waals surface area (Å²) in [5.74, 6) is 0. The van der Waals surface area contributed by atoms with Gasteiger partial charge in [0.05, 0.1) is 12.2 Å². The van der Waals surface area contributed by atoms with Crippen LogP contribution in [0.2, 0.25) is 5.15 Å². The van der Waals surface area contributed by atoms with E-state index in [-0.39, 0.29) is 0 Å². The summed E-state index contributed by atoms with van der Waals surface area (Å²) in [6.07, 6.45) is 2.33. The number of para-hydroxylation sites is 1. The van der Waals surface area contributed by atoms with Crippen LogP contribution in [0.25, 0.3) is 0 Å². The molecule has 1 aromatic carbocycles. The Kier molecular flexibility index (Phi) is 3.38. The number of hydrogen-bond donors (Lipinski definition) is 0. The summed E-state index contributed by atoms with van der Waals surface area (Å²) >= 11 is 5.78. The fraction of sp³-hybridized carbons (Fsp3) is 0.333. The molecule has 1 aliphatic rings. The van der Waals surface area contributed by atoms with Gasteiger partial charge in [-0.15, -0.1) is 5.10 Å². The van der Waals surface area contributed by atoms with Crippen LogP contribution in [0.1, 0.15) is 24.6 Å². The monoisotopic (exact) mass is 273 g/mol. The highest BCUT2D eigenvalue weighted by atomic mass is 35.5. The molecule has 0 saturated heterocycles. The number of aromatic nitrogens is 2. The average Bonchev–Trinajstić information content (AvgIpc) is 2.44. The third kappa shape index (κ3) is 2.56. The van der Waals surface area contributed by atoms with E-state index in [9.17, 15) is 0 Å². The molecular formula is C15H16ClN3. The Labute approximate surface area is 118 Å². The molecule has 1 aliphatic heterocycles. The molecule has 0 amide bonds. The van der Waals surface area contributed by atoms with Crippen molar-refractivity contribution in [3.8, 4) is 0 Å². The number of halogens is 1. The summed E-state index contributed by atoms with van der Waals surface area (Å²) in [4.78, 5) is 2.40. The van der Waals surface area contributed by atoms with Crippen LogP contribution in [0.5, 0.6) is 0 Å². The minimum Gasteiger partial charge on any atom is -0.363 e. The molecule has 19 heavy (non-hydrogen) atoms. The van der Waals surface area contributed by atoms with Gasteiger partial charge in [0.1, 0.15) is 0 Å². The van der Waals surface area contributed by atoms with Gasteiger partial charge in [0.25, 0.3) is 0 Å². The summed E-state index contributed by atoms with van der Waals surface area (Å²) in [7, 11) is 0. The molecule has 0 radical (unpaired) electrons. The summed E-state index contributed by atoms with van der Waals surface area (Å²) < 4.78 is 0. The van der Waals surface area contributed by atoms with Crippen molar-refractivity contribution in [2.45, 2.75) is 32.4 Å². The zero-order valence-electron chi connectivity index (χ0n) is 10.9. The molecule has 2 heterocycles. The number of nitrogens with zero attached hydrogens (tertiary/aromatic N) is 3. The van der Waals surface area contributed by atoms with Crippen LogP contribution in [0.15, 0.2) is 36.4 Å². The van der Waals surface area contributed by atoms with Gasteiger partial charge in [-0.1, -0.05) is 29.8 Å². The fourth-order valence-corrected chi connectivity index (χ4v) is 2.70. The van der Waals surface area contributed by atoms with Crippen LogP contribution in [-0.4, -0.2) is 16.2 Å². The van der Waals surface area contributed by atoms with Crippen LogP contribution in [-0.2, 0) is 13.0 Å². The lowest BCUT2D eigenvalue weighted by Crippen LogP contribution is -2.37. The van der Waals surface area contributed by atoms with Gasteiger partial charge in [0, 0.05) is 11.7 Å². The van der Waals surface area contributed by atoms with E-state index < -0.39 is 0 Å². The van der Waals surface area contributed by atoms with E-state index in [1.165, 1.54) is 17.7 Å².